The van der Waals surface area contributed by atoms with Crippen LogP contribution < -0.4 is 5.56 Å². The third-order valence-electron chi connectivity index (χ3n) is 4.13. The quantitative estimate of drug-likeness (QED) is 0.435. The van der Waals surface area contributed by atoms with E-state index in [4.69, 9.17) is 27.9 Å². The Morgan fingerprint density at radius 2 is 2.03 bits per heavy atom. The van der Waals surface area contributed by atoms with Gasteiger partial charge in [-0.1, -0.05) is 36.2 Å². The lowest BCUT2D eigenvalue weighted by molar-refractivity contribution is 0.0505. The van der Waals surface area contributed by atoms with Gasteiger partial charge in [0.05, 0.1) is 34.1 Å². The molecule has 3 rings (SSSR count). The number of benzene rings is 2. The summed E-state index contributed by atoms with van der Waals surface area (Å²) in [5.74, 6) is -0.505. The summed E-state index contributed by atoms with van der Waals surface area (Å²) in [4.78, 5) is 29.2. The summed E-state index contributed by atoms with van der Waals surface area (Å²) in [6.07, 6.45) is 2.17. The number of hydrogen-bond donors (Lipinski definition) is 1. The lowest BCUT2D eigenvalue weighted by atomic mass is 10.2. The minimum absolute atomic E-state index is 0.233. The number of carbonyl (C=O) groups excluding carboxylic acids is 1. The van der Waals surface area contributed by atoms with E-state index < -0.39 is 5.97 Å². The fourth-order valence-electron chi connectivity index (χ4n) is 2.67. The second-order valence-electron chi connectivity index (χ2n) is 6.33. The van der Waals surface area contributed by atoms with Crippen LogP contribution in [0.3, 0.4) is 0 Å². The van der Waals surface area contributed by atoms with Gasteiger partial charge in [0.2, 0.25) is 0 Å². The second kappa shape index (κ2) is 9.11. The fraction of sp³-hybridized carbons (Fsp3) is 0.190. The molecule has 0 bridgehead atoms. The molecule has 0 aliphatic carbocycles. The average Bonchev–Trinajstić information content (AvgIpc) is 2.99. The molecule has 0 amide bonds. The van der Waals surface area contributed by atoms with Gasteiger partial charge in [-0.05, 0) is 49.7 Å². The molecule has 3 aromatic rings. The smallest absolute Gasteiger partial charge is 0.339 e. The summed E-state index contributed by atoms with van der Waals surface area (Å²) in [6, 6.07) is 11.7. The first kappa shape index (κ1) is 20.9. The largest absolute Gasteiger partial charge is 0.462 e. The zero-order valence-corrected chi connectivity index (χ0v) is 17.4. The number of rotatable bonds is 6. The summed E-state index contributed by atoms with van der Waals surface area (Å²) in [5, 5.41) is 3.83. The molecule has 2 aromatic carbocycles. The van der Waals surface area contributed by atoms with Gasteiger partial charge in [0, 0.05) is 16.9 Å². The minimum Gasteiger partial charge on any atom is -0.462 e. The summed E-state index contributed by atoms with van der Waals surface area (Å²) in [5.41, 5.74) is 2.12. The van der Waals surface area contributed by atoms with Crippen molar-refractivity contribution in [3.8, 4) is 5.69 Å². The molecule has 8 heteroatoms. The molecule has 0 radical (unpaired) electrons. The standard InChI is InChI=1S/C21H19Cl2N3O3/c1-3-9-29-21(28)17-11-15(7-8-19(17)23)24-12-18-13(2)25-26(20(18)27)16-6-4-5-14(22)10-16/h4-8,10-12,25H,3,9H2,1-2H3. The average molecular weight is 432 g/mol. The summed E-state index contributed by atoms with van der Waals surface area (Å²) in [6.45, 7) is 4.00. The van der Waals surface area contributed by atoms with Gasteiger partial charge in [0.25, 0.3) is 5.56 Å². The lowest BCUT2D eigenvalue weighted by Crippen LogP contribution is -2.17. The number of aliphatic imine (C=N–C) groups is 1. The van der Waals surface area contributed by atoms with Crippen molar-refractivity contribution in [3.05, 3.63) is 79.7 Å². The molecule has 150 valence electrons. The number of esters is 1. The van der Waals surface area contributed by atoms with E-state index in [1.165, 1.54) is 17.0 Å². The second-order valence-corrected chi connectivity index (χ2v) is 7.17. The Morgan fingerprint density at radius 1 is 1.24 bits per heavy atom. The number of H-pyrrole nitrogens is 1. The zero-order valence-electron chi connectivity index (χ0n) is 15.9. The van der Waals surface area contributed by atoms with Crippen LogP contribution >= 0.6 is 23.2 Å². The number of aryl methyl sites for hydroxylation is 1. The highest BCUT2D eigenvalue weighted by Gasteiger charge is 2.13. The van der Waals surface area contributed by atoms with E-state index in [0.717, 1.165) is 0 Å². The first-order valence-electron chi connectivity index (χ1n) is 8.99. The molecule has 6 nitrogen and oxygen atoms in total. The Bertz CT molecular complexity index is 1130. The molecule has 0 spiro atoms. The maximum atomic E-state index is 12.8. The van der Waals surface area contributed by atoms with Crippen molar-refractivity contribution in [1.29, 1.82) is 0 Å². The molecule has 1 aromatic heterocycles. The number of halogens is 2. The van der Waals surface area contributed by atoms with Crippen LogP contribution in [0.1, 0.15) is 35.0 Å². The third-order valence-corrected chi connectivity index (χ3v) is 4.70. The molecule has 0 fully saturated rings. The first-order chi connectivity index (χ1) is 13.9. The van der Waals surface area contributed by atoms with Gasteiger partial charge < -0.3 is 4.74 Å². The van der Waals surface area contributed by atoms with Gasteiger partial charge in [-0.3, -0.25) is 14.9 Å². The zero-order chi connectivity index (χ0) is 21.0. The van der Waals surface area contributed by atoms with Gasteiger partial charge in [-0.25, -0.2) is 9.48 Å². The molecular weight excluding hydrogens is 413 g/mol. The van der Waals surface area contributed by atoms with Crippen LogP contribution in [0.15, 0.2) is 52.3 Å². The maximum absolute atomic E-state index is 12.8. The van der Waals surface area contributed by atoms with E-state index in [-0.39, 0.29) is 16.1 Å². The normalized spacial score (nSPS) is 11.2. The van der Waals surface area contributed by atoms with E-state index in [0.29, 0.717) is 40.7 Å². The molecule has 0 atom stereocenters. The van der Waals surface area contributed by atoms with Crippen molar-refractivity contribution in [1.82, 2.24) is 9.78 Å². The number of nitrogens with zero attached hydrogens (tertiary/aromatic N) is 2. The molecule has 0 aliphatic heterocycles. The monoisotopic (exact) mass is 431 g/mol. The van der Waals surface area contributed by atoms with Crippen LogP contribution in [0.2, 0.25) is 10.0 Å². The van der Waals surface area contributed by atoms with Crippen molar-refractivity contribution < 1.29 is 9.53 Å². The molecule has 0 unspecified atom stereocenters. The number of nitrogens with one attached hydrogen (secondary N) is 1. The molecular formula is C21H19Cl2N3O3. The lowest BCUT2D eigenvalue weighted by Gasteiger charge is -2.05. The van der Waals surface area contributed by atoms with Crippen molar-refractivity contribution >= 4 is 41.1 Å². The maximum Gasteiger partial charge on any atom is 0.339 e. The Kier molecular flexibility index (Phi) is 6.56. The van der Waals surface area contributed by atoms with E-state index in [9.17, 15) is 9.59 Å². The van der Waals surface area contributed by atoms with Gasteiger partial charge in [0.1, 0.15) is 0 Å². The molecule has 0 saturated carbocycles. The molecule has 0 aliphatic rings. The topological polar surface area (TPSA) is 76.4 Å². The Balaban J connectivity index is 1.91. The fourth-order valence-corrected chi connectivity index (χ4v) is 3.05. The Hall–Kier alpha value is -2.83. The highest BCUT2D eigenvalue weighted by molar-refractivity contribution is 6.33. The number of hydrogen-bond acceptors (Lipinski definition) is 4. The van der Waals surface area contributed by atoms with E-state index in [2.05, 4.69) is 10.1 Å². The highest BCUT2D eigenvalue weighted by atomic mass is 35.5. The summed E-state index contributed by atoms with van der Waals surface area (Å²) in [7, 11) is 0. The number of aromatic nitrogens is 2. The van der Waals surface area contributed by atoms with Crippen molar-refractivity contribution in [2.75, 3.05) is 6.61 Å². The predicted molar refractivity (Wildman–Crippen MR) is 115 cm³/mol. The van der Waals surface area contributed by atoms with Gasteiger partial charge in [-0.15, -0.1) is 0 Å². The number of ether oxygens (including phenoxy) is 1. The number of aromatic amines is 1. The minimum atomic E-state index is -0.505. The summed E-state index contributed by atoms with van der Waals surface area (Å²) >= 11 is 12.1. The van der Waals surface area contributed by atoms with Crippen LogP contribution in [0.4, 0.5) is 5.69 Å². The van der Waals surface area contributed by atoms with Gasteiger partial charge >= 0.3 is 5.97 Å². The van der Waals surface area contributed by atoms with Crippen LogP contribution in [-0.2, 0) is 4.74 Å². The van der Waals surface area contributed by atoms with Crippen molar-refractivity contribution in [3.63, 3.8) is 0 Å². The summed E-state index contributed by atoms with van der Waals surface area (Å²) < 4.78 is 6.53. The van der Waals surface area contributed by atoms with Crippen molar-refractivity contribution in [2.45, 2.75) is 20.3 Å². The van der Waals surface area contributed by atoms with E-state index >= 15 is 0 Å². The van der Waals surface area contributed by atoms with Crippen LogP contribution in [-0.4, -0.2) is 28.6 Å². The van der Waals surface area contributed by atoms with Crippen LogP contribution in [0.25, 0.3) is 5.69 Å². The molecule has 1 heterocycles. The van der Waals surface area contributed by atoms with Crippen molar-refractivity contribution in [2.24, 2.45) is 4.99 Å². The molecule has 1 N–H and O–H groups in total. The predicted octanol–water partition coefficient (Wildman–Crippen LogP) is 5.10. The number of carbonyl (C=O) groups is 1. The van der Waals surface area contributed by atoms with Crippen LogP contribution in [0.5, 0.6) is 0 Å². The van der Waals surface area contributed by atoms with Gasteiger partial charge in [0.15, 0.2) is 0 Å². The molecule has 0 saturated heterocycles. The highest BCUT2D eigenvalue weighted by Crippen LogP contribution is 2.23. The first-order valence-corrected chi connectivity index (χ1v) is 9.74. The van der Waals surface area contributed by atoms with E-state index in [1.807, 2.05) is 6.92 Å². The van der Waals surface area contributed by atoms with E-state index in [1.54, 1.807) is 43.3 Å². The molecule has 29 heavy (non-hydrogen) atoms. The SMILES string of the molecule is CCCOC(=O)c1cc(N=Cc2c(C)[nH]n(-c3cccc(Cl)c3)c2=O)ccc1Cl. The van der Waals surface area contributed by atoms with Crippen LogP contribution in [0, 0.1) is 6.92 Å². The Morgan fingerprint density at radius 3 is 2.76 bits per heavy atom. The Labute approximate surface area is 177 Å². The van der Waals surface area contributed by atoms with Gasteiger partial charge in [-0.2, -0.15) is 0 Å². The third kappa shape index (κ3) is 4.78.